The number of nitrogens with zero attached hydrogens (tertiary/aromatic N) is 3. The second-order valence-corrected chi connectivity index (χ2v) is 9.13. The van der Waals surface area contributed by atoms with Gasteiger partial charge in [0.2, 0.25) is 5.91 Å². The molecule has 0 aliphatic heterocycles. The molecule has 1 N–H and O–H groups in total. The third-order valence-electron chi connectivity index (χ3n) is 4.82. The molecule has 0 spiro atoms. The van der Waals surface area contributed by atoms with Crippen LogP contribution in [0.4, 0.5) is 5.69 Å². The van der Waals surface area contributed by atoms with Crippen molar-refractivity contribution in [2.75, 3.05) is 5.32 Å². The van der Waals surface area contributed by atoms with Gasteiger partial charge in [0.25, 0.3) is 5.56 Å². The van der Waals surface area contributed by atoms with Crippen LogP contribution in [-0.2, 0) is 24.7 Å². The van der Waals surface area contributed by atoms with Crippen LogP contribution >= 0.6 is 23.1 Å². The zero-order valence-corrected chi connectivity index (χ0v) is 17.1. The maximum absolute atomic E-state index is 12.9. The van der Waals surface area contributed by atoms with E-state index in [1.165, 1.54) is 16.6 Å². The zero-order chi connectivity index (χ0) is 19.8. The summed E-state index contributed by atoms with van der Waals surface area (Å²) in [6.45, 7) is 1.78. The van der Waals surface area contributed by atoms with E-state index in [9.17, 15) is 9.59 Å². The normalized spacial score (nSPS) is 13.9. The summed E-state index contributed by atoms with van der Waals surface area (Å²) in [5.74, 6) is -0.205. The molecule has 142 valence electrons. The summed E-state index contributed by atoms with van der Waals surface area (Å²) in [5.41, 5.74) is 2.18. The van der Waals surface area contributed by atoms with Gasteiger partial charge in [-0.1, -0.05) is 17.8 Å². The lowest BCUT2D eigenvalue weighted by Crippen LogP contribution is -2.25. The first kappa shape index (κ1) is 18.7. The topological polar surface area (TPSA) is 87.8 Å². The van der Waals surface area contributed by atoms with Gasteiger partial charge in [0.1, 0.15) is 4.83 Å². The highest BCUT2D eigenvalue weighted by Crippen LogP contribution is 2.35. The number of rotatable bonds is 4. The first-order chi connectivity index (χ1) is 13.5. The van der Waals surface area contributed by atoms with Gasteiger partial charge in [-0.05, 0) is 49.9 Å². The molecule has 1 aliphatic rings. The molecular weight excluding hydrogens is 392 g/mol. The molecule has 0 saturated carbocycles. The Hall–Kier alpha value is -2.63. The number of fused-ring (bicyclic) bond motifs is 3. The minimum absolute atomic E-state index is 0.0405. The third-order valence-corrected chi connectivity index (χ3v) is 7.15. The molecule has 0 radical (unpaired) electrons. The fourth-order valence-electron chi connectivity index (χ4n) is 3.33. The molecule has 6 nitrogen and oxygen atoms in total. The van der Waals surface area contributed by atoms with E-state index in [1.54, 1.807) is 54.1 Å². The number of carbonyl (C=O) groups is 1. The van der Waals surface area contributed by atoms with Crippen LogP contribution in [0.2, 0.25) is 0 Å². The Morgan fingerprint density at radius 1 is 1.43 bits per heavy atom. The molecule has 4 rings (SSSR count). The number of anilines is 1. The number of aromatic nitrogens is 2. The van der Waals surface area contributed by atoms with Crippen molar-refractivity contribution in [1.29, 1.82) is 5.26 Å². The molecule has 1 atom stereocenters. The van der Waals surface area contributed by atoms with Crippen LogP contribution in [0.15, 0.2) is 34.2 Å². The number of carbonyl (C=O) groups excluding carboxylic acids is 1. The minimum Gasteiger partial charge on any atom is -0.325 e. The van der Waals surface area contributed by atoms with Crippen LogP contribution in [0.5, 0.6) is 0 Å². The summed E-state index contributed by atoms with van der Waals surface area (Å²) < 4.78 is 1.54. The van der Waals surface area contributed by atoms with Crippen molar-refractivity contribution >= 4 is 44.9 Å². The van der Waals surface area contributed by atoms with Gasteiger partial charge in [-0.15, -0.1) is 11.3 Å². The summed E-state index contributed by atoms with van der Waals surface area (Å²) >= 11 is 2.86. The molecule has 2 heterocycles. The van der Waals surface area contributed by atoms with E-state index in [2.05, 4.69) is 16.4 Å². The van der Waals surface area contributed by atoms with Crippen molar-refractivity contribution in [3.8, 4) is 6.07 Å². The summed E-state index contributed by atoms with van der Waals surface area (Å²) in [6, 6.07) is 8.83. The Labute approximate surface area is 170 Å². The van der Waals surface area contributed by atoms with Crippen molar-refractivity contribution in [2.24, 2.45) is 7.05 Å². The quantitative estimate of drug-likeness (QED) is 0.526. The average molecular weight is 411 g/mol. The number of aryl methyl sites for hydroxylation is 2. The summed E-state index contributed by atoms with van der Waals surface area (Å²) in [5, 5.41) is 12.6. The van der Waals surface area contributed by atoms with E-state index in [0.29, 0.717) is 16.4 Å². The summed E-state index contributed by atoms with van der Waals surface area (Å²) in [6.07, 6.45) is 3.06. The molecular formula is C20H18N4O2S2. The fourth-order valence-corrected chi connectivity index (χ4v) is 5.51. The smallest absolute Gasteiger partial charge is 0.262 e. The molecule has 28 heavy (non-hydrogen) atoms. The van der Waals surface area contributed by atoms with E-state index in [-0.39, 0.29) is 11.5 Å². The number of thiophene rings is 1. The van der Waals surface area contributed by atoms with E-state index in [4.69, 9.17) is 5.26 Å². The molecule has 1 aliphatic carbocycles. The van der Waals surface area contributed by atoms with Crippen LogP contribution < -0.4 is 10.9 Å². The Kier molecular flexibility index (Phi) is 4.96. The van der Waals surface area contributed by atoms with Crippen molar-refractivity contribution in [2.45, 2.75) is 36.6 Å². The number of thioether (sulfide) groups is 1. The van der Waals surface area contributed by atoms with Gasteiger partial charge in [-0.25, -0.2) is 4.98 Å². The number of hydrogen-bond acceptors (Lipinski definition) is 6. The summed E-state index contributed by atoms with van der Waals surface area (Å²) in [4.78, 5) is 32.1. The second kappa shape index (κ2) is 7.41. The molecule has 1 aromatic carbocycles. The van der Waals surface area contributed by atoms with Gasteiger partial charge < -0.3 is 5.32 Å². The SMILES string of the molecule is C[C@H](Sc1nc2sc3c(c2c(=O)n1C)CCC3)C(=O)Nc1cccc(C#N)c1. The van der Waals surface area contributed by atoms with Crippen LogP contribution in [0.3, 0.4) is 0 Å². The van der Waals surface area contributed by atoms with Crippen LogP contribution in [0, 0.1) is 11.3 Å². The van der Waals surface area contributed by atoms with Gasteiger partial charge in [0.05, 0.1) is 22.3 Å². The minimum atomic E-state index is -0.451. The van der Waals surface area contributed by atoms with Crippen molar-refractivity contribution < 1.29 is 4.79 Å². The molecule has 8 heteroatoms. The van der Waals surface area contributed by atoms with Gasteiger partial charge in [-0.2, -0.15) is 5.26 Å². The number of hydrogen-bond donors (Lipinski definition) is 1. The maximum atomic E-state index is 12.9. The number of benzene rings is 1. The van der Waals surface area contributed by atoms with Crippen LogP contribution in [-0.4, -0.2) is 20.7 Å². The van der Waals surface area contributed by atoms with Gasteiger partial charge in [-0.3, -0.25) is 14.2 Å². The van der Waals surface area contributed by atoms with E-state index in [0.717, 1.165) is 35.0 Å². The predicted molar refractivity (Wildman–Crippen MR) is 112 cm³/mol. The fraction of sp³-hybridized carbons (Fsp3) is 0.300. The number of amides is 1. The van der Waals surface area contributed by atoms with Gasteiger partial charge in [0, 0.05) is 17.6 Å². The summed E-state index contributed by atoms with van der Waals surface area (Å²) in [7, 11) is 1.71. The van der Waals surface area contributed by atoms with Gasteiger partial charge >= 0.3 is 0 Å². The van der Waals surface area contributed by atoms with E-state index < -0.39 is 5.25 Å². The van der Waals surface area contributed by atoms with E-state index >= 15 is 0 Å². The molecule has 2 aromatic heterocycles. The lowest BCUT2D eigenvalue weighted by atomic mass is 10.2. The molecule has 0 fully saturated rings. The Bertz CT molecular complexity index is 1190. The Balaban J connectivity index is 1.57. The third kappa shape index (κ3) is 3.32. The molecule has 1 amide bonds. The van der Waals surface area contributed by atoms with Crippen LogP contribution in [0.25, 0.3) is 10.2 Å². The Morgan fingerprint density at radius 2 is 2.25 bits per heavy atom. The van der Waals surface area contributed by atoms with Crippen molar-refractivity contribution in [3.63, 3.8) is 0 Å². The molecule has 0 unspecified atom stereocenters. The van der Waals surface area contributed by atoms with Crippen LogP contribution in [0.1, 0.15) is 29.3 Å². The highest BCUT2D eigenvalue weighted by atomic mass is 32.2. The Morgan fingerprint density at radius 3 is 3.04 bits per heavy atom. The molecule has 0 saturated heterocycles. The zero-order valence-electron chi connectivity index (χ0n) is 15.5. The lowest BCUT2D eigenvalue weighted by Gasteiger charge is -2.13. The highest BCUT2D eigenvalue weighted by Gasteiger charge is 2.24. The highest BCUT2D eigenvalue weighted by molar-refractivity contribution is 8.00. The maximum Gasteiger partial charge on any atom is 0.262 e. The molecule has 0 bridgehead atoms. The first-order valence-electron chi connectivity index (χ1n) is 8.97. The predicted octanol–water partition coefficient (Wildman–Crippen LogP) is 3.47. The largest absolute Gasteiger partial charge is 0.325 e. The lowest BCUT2D eigenvalue weighted by molar-refractivity contribution is -0.115. The standard InChI is InChI=1S/C20H18N4O2S2/c1-11(17(25)22-13-6-3-5-12(9-13)10-21)27-20-23-18-16(19(26)24(20)2)14-7-4-8-15(14)28-18/h3,5-6,9,11H,4,7-8H2,1-2H3,(H,22,25)/t11-/m0/s1. The molecule has 3 aromatic rings. The number of nitrogens with one attached hydrogen (secondary N) is 1. The average Bonchev–Trinajstić information content (AvgIpc) is 3.26. The monoisotopic (exact) mass is 410 g/mol. The van der Waals surface area contributed by atoms with Crippen molar-refractivity contribution in [1.82, 2.24) is 9.55 Å². The second-order valence-electron chi connectivity index (χ2n) is 6.74. The number of nitriles is 1. The van der Waals surface area contributed by atoms with E-state index in [1.807, 2.05) is 0 Å². The van der Waals surface area contributed by atoms with Gasteiger partial charge in [0.15, 0.2) is 5.16 Å². The van der Waals surface area contributed by atoms with Crippen molar-refractivity contribution in [3.05, 3.63) is 50.6 Å². The first-order valence-corrected chi connectivity index (χ1v) is 10.7.